The maximum atomic E-state index is 3.92. The Kier molecular flexibility index (Phi) is 2.22. The molecule has 0 fully saturated rings. The van der Waals surface area contributed by atoms with Crippen LogP contribution in [0.3, 0.4) is 0 Å². The zero-order valence-corrected chi connectivity index (χ0v) is 9.90. The van der Waals surface area contributed by atoms with Gasteiger partial charge in [0.2, 0.25) is 0 Å². The van der Waals surface area contributed by atoms with Crippen molar-refractivity contribution in [1.29, 1.82) is 0 Å². The van der Waals surface area contributed by atoms with Crippen LogP contribution in [-0.2, 0) is 0 Å². The van der Waals surface area contributed by atoms with Crippen LogP contribution in [0.1, 0.15) is 11.1 Å². The van der Waals surface area contributed by atoms with Crippen molar-refractivity contribution in [1.82, 2.24) is 0 Å². The average molecular weight is 218 g/mol. The van der Waals surface area contributed by atoms with E-state index in [1.54, 1.807) is 0 Å². The molecule has 0 nitrogen and oxygen atoms in total. The van der Waals surface area contributed by atoms with Crippen LogP contribution in [0, 0.1) is 6.92 Å². The number of hydrogen-bond donors (Lipinski definition) is 0. The Morgan fingerprint density at radius 3 is 2.29 bits per heavy atom. The van der Waals surface area contributed by atoms with E-state index < -0.39 is 0 Å². The molecule has 0 aromatic heterocycles. The van der Waals surface area contributed by atoms with Gasteiger partial charge in [-0.3, -0.25) is 0 Å². The van der Waals surface area contributed by atoms with Crippen molar-refractivity contribution >= 4 is 27.6 Å². The SMILES string of the molecule is C=Cc1c(C)ccc2cc3ccccc3cc12. The first-order valence-electron chi connectivity index (χ1n) is 5.84. The summed E-state index contributed by atoms with van der Waals surface area (Å²) < 4.78 is 0. The molecule has 3 aromatic rings. The van der Waals surface area contributed by atoms with Crippen molar-refractivity contribution in [2.45, 2.75) is 6.92 Å². The quantitative estimate of drug-likeness (QED) is 0.507. The van der Waals surface area contributed by atoms with Gasteiger partial charge in [0.15, 0.2) is 0 Å². The predicted molar refractivity (Wildman–Crippen MR) is 76.3 cm³/mol. The normalized spacial score (nSPS) is 10.9. The Labute approximate surface area is 101 Å². The van der Waals surface area contributed by atoms with E-state index in [0.29, 0.717) is 0 Å². The fraction of sp³-hybridized carbons (Fsp3) is 0.0588. The van der Waals surface area contributed by atoms with Gasteiger partial charge in [-0.05, 0) is 51.7 Å². The molecule has 0 aliphatic carbocycles. The van der Waals surface area contributed by atoms with Crippen LogP contribution in [-0.4, -0.2) is 0 Å². The van der Waals surface area contributed by atoms with Gasteiger partial charge >= 0.3 is 0 Å². The Hall–Kier alpha value is -2.08. The second-order valence-corrected chi connectivity index (χ2v) is 4.42. The van der Waals surface area contributed by atoms with Gasteiger partial charge in [0.25, 0.3) is 0 Å². The van der Waals surface area contributed by atoms with Crippen molar-refractivity contribution in [2.75, 3.05) is 0 Å². The van der Waals surface area contributed by atoms with Crippen LogP contribution < -0.4 is 0 Å². The van der Waals surface area contributed by atoms with Crippen molar-refractivity contribution in [3.63, 3.8) is 0 Å². The van der Waals surface area contributed by atoms with Crippen molar-refractivity contribution in [2.24, 2.45) is 0 Å². The van der Waals surface area contributed by atoms with Crippen molar-refractivity contribution < 1.29 is 0 Å². The molecule has 0 radical (unpaired) electrons. The first kappa shape index (κ1) is 10.1. The van der Waals surface area contributed by atoms with E-state index in [-0.39, 0.29) is 0 Å². The van der Waals surface area contributed by atoms with Crippen LogP contribution in [0.5, 0.6) is 0 Å². The molecule has 0 bridgehead atoms. The molecule has 17 heavy (non-hydrogen) atoms. The molecule has 0 spiro atoms. The molecule has 0 aliphatic heterocycles. The van der Waals surface area contributed by atoms with Gasteiger partial charge in [0, 0.05) is 0 Å². The molecule has 0 saturated carbocycles. The standard InChI is InChI=1S/C17H14/c1-3-16-12(2)8-9-15-10-13-6-4-5-7-14(13)11-17(15)16/h3-11H,1H2,2H3. The molecule has 0 amide bonds. The summed E-state index contributed by atoms with van der Waals surface area (Å²) in [6.45, 7) is 6.05. The smallest absolute Gasteiger partial charge is 0.0103 e. The molecule has 0 N–H and O–H groups in total. The lowest BCUT2D eigenvalue weighted by molar-refractivity contribution is 1.48. The first-order valence-corrected chi connectivity index (χ1v) is 5.84. The van der Waals surface area contributed by atoms with E-state index in [2.05, 4.69) is 62.0 Å². The second kappa shape index (κ2) is 3.74. The van der Waals surface area contributed by atoms with E-state index in [1.807, 2.05) is 6.08 Å². The zero-order valence-electron chi connectivity index (χ0n) is 9.90. The third-order valence-electron chi connectivity index (χ3n) is 3.35. The lowest BCUT2D eigenvalue weighted by atomic mass is 9.96. The third kappa shape index (κ3) is 1.53. The molecular formula is C17H14. The largest absolute Gasteiger partial charge is 0.0984 e. The van der Waals surface area contributed by atoms with E-state index in [9.17, 15) is 0 Å². The number of aryl methyl sites for hydroxylation is 1. The molecule has 3 aromatic carbocycles. The number of fused-ring (bicyclic) bond motifs is 2. The Morgan fingerprint density at radius 2 is 1.59 bits per heavy atom. The Bertz CT molecular complexity index is 721. The highest BCUT2D eigenvalue weighted by atomic mass is 14.1. The molecule has 0 unspecified atom stereocenters. The highest BCUT2D eigenvalue weighted by molar-refractivity contribution is 6.02. The maximum Gasteiger partial charge on any atom is -0.0103 e. The van der Waals surface area contributed by atoms with Gasteiger partial charge in [-0.25, -0.2) is 0 Å². The van der Waals surface area contributed by atoms with Gasteiger partial charge in [-0.15, -0.1) is 0 Å². The van der Waals surface area contributed by atoms with Gasteiger partial charge in [0.1, 0.15) is 0 Å². The summed E-state index contributed by atoms with van der Waals surface area (Å²) in [5.41, 5.74) is 2.52. The van der Waals surface area contributed by atoms with Crippen LogP contribution in [0.2, 0.25) is 0 Å². The topological polar surface area (TPSA) is 0 Å². The summed E-state index contributed by atoms with van der Waals surface area (Å²) >= 11 is 0. The minimum atomic E-state index is 1.24. The van der Waals surface area contributed by atoms with Crippen LogP contribution in [0.15, 0.2) is 55.1 Å². The zero-order chi connectivity index (χ0) is 11.8. The van der Waals surface area contributed by atoms with Crippen molar-refractivity contribution in [3.8, 4) is 0 Å². The summed E-state index contributed by atoms with van der Waals surface area (Å²) in [6, 6.07) is 17.3. The number of hydrogen-bond acceptors (Lipinski definition) is 0. The summed E-state index contributed by atoms with van der Waals surface area (Å²) in [5.74, 6) is 0. The summed E-state index contributed by atoms with van der Waals surface area (Å²) in [5, 5.41) is 5.15. The van der Waals surface area contributed by atoms with Gasteiger partial charge in [-0.1, -0.05) is 49.1 Å². The predicted octanol–water partition coefficient (Wildman–Crippen LogP) is 4.94. The molecule has 0 atom stereocenters. The minimum absolute atomic E-state index is 1.24. The Balaban J connectivity index is 2.52. The summed E-state index contributed by atoms with van der Waals surface area (Å²) in [6.07, 6.45) is 1.95. The van der Waals surface area contributed by atoms with Gasteiger partial charge in [-0.2, -0.15) is 0 Å². The molecule has 0 heteroatoms. The first-order chi connectivity index (χ1) is 8.29. The fourth-order valence-electron chi connectivity index (χ4n) is 2.42. The van der Waals surface area contributed by atoms with Crippen LogP contribution in [0.25, 0.3) is 27.6 Å². The monoisotopic (exact) mass is 218 g/mol. The molecule has 0 aliphatic rings. The van der Waals surface area contributed by atoms with Gasteiger partial charge < -0.3 is 0 Å². The summed E-state index contributed by atoms with van der Waals surface area (Å²) in [7, 11) is 0. The maximum absolute atomic E-state index is 3.92. The van der Waals surface area contributed by atoms with Crippen LogP contribution in [0.4, 0.5) is 0 Å². The fourth-order valence-corrected chi connectivity index (χ4v) is 2.42. The molecular weight excluding hydrogens is 204 g/mol. The molecule has 3 rings (SSSR count). The Morgan fingerprint density at radius 1 is 0.882 bits per heavy atom. The summed E-state index contributed by atoms with van der Waals surface area (Å²) in [4.78, 5) is 0. The lowest BCUT2D eigenvalue weighted by Gasteiger charge is -2.08. The second-order valence-electron chi connectivity index (χ2n) is 4.42. The van der Waals surface area contributed by atoms with E-state index in [0.717, 1.165) is 0 Å². The van der Waals surface area contributed by atoms with Crippen molar-refractivity contribution in [3.05, 3.63) is 66.2 Å². The third-order valence-corrected chi connectivity index (χ3v) is 3.35. The van der Waals surface area contributed by atoms with Gasteiger partial charge in [0.05, 0.1) is 0 Å². The van der Waals surface area contributed by atoms with E-state index in [1.165, 1.54) is 32.7 Å². The van der Waals surface area contributed by atoms with Crippen LogP contribution >= 0.6 is 0 Å². The number of rotatable bonds is 1. The number of benzene rings is 3. The minimum Gasteiger partial charge on any atom is -0.0984 e. The molecule has 0 saturated heterocycles. The van der Waals surface area contributed by atoms with E-state index >= 15 is 0 Å². The molecule has 0 heterocycles. The highest BCUT2D eigenvalue weighted by Gasteiger charge is 2.03. The van der Waals surface area contributed by atoms with E-state index in [4.69, 9.17) is 0 Å². The molecule has 82 valence electrons. The lowest BCUT2D eigenvalue weighted by Crippen LogP contribution is -1.84. The average Bonchev–Trinajstić information content (AvgIpc) is 2.36. The highest BCUT2D eigenvalue weighted by Crippen LogP contribution is 2.27.